The number of nitrogen functional groups attached to an aromatic ring is 1. The second-order valence-electron chi connectivity index (χ2n) is 5.53. The van der Waals surface area contributed by atoms with Gasteiger partial charge in [0.05, 0.1) is 12.8 Å². The maximum atomic E-state index is 13.8. The average molecular weight is 452 g/mol. The van der Waals surface area contributed by atoms with Gasteiger partial charge in [0.2, 0.25) is 9.47 Å². The normalized spacial score (nSPS) is 20.1. The number of halogens is 3. The first-order chi connectivity index (χ1) is 13.4. The average Bonchev–Trinajstić information content (AvgIpc) is 3.17. The second-order valence-corrected chi connectivity index (χ2v) is 8.39. The van der Waals surface area contributed by atoms with E-state index in [0.29, 0.717) is 5.75 Å². The lowest BCUT2D eigenvalue weighted by Gasteiger charge is -2.29. The van der Waals surface area contributed by atoms with Gasteiger partial charge >= 0.3 is 12.2 Å². The van der Waals surface area contributed by atoms with E-state index in [0.717, 1.165) is 12.1 Å². The van der Waals surface area contributed by atoms with Crippen LogP contribution in [0.1, 0.15) is 0 Å². The van der Waals surface area contributed by atoms with Gasteiger partial charge in [-0.15, -0.1) is 10.2 Å². The van der Waals surface area contributed by atoms with Crippen molar-refractivity contribution < 1.29 is 35.9 Å². The molecule has 0 radical (unpaired) electrons. The number of urea groups is 1. The van der Waals surface area contributed by atoms with Gasteiger partial charge in [-0.2, -0.15) is 17.9 Å². The molecule has 0 aliphatic carbocycles. The summed E-state index contributed by atoms with van der Waals surface area (Å²) in [4.78, 5) is 25.0. The smallest absolute Gasteiger partial charge is 0.435 e. The third-order valence-electron chi connectivity index (χ3n) is 3.72. The molecule has 1 unspecified atom stereocenters. The van der Waals surface area contributed by atoms with Crippen molar-refractivity contribution >= 4 is 44.1 Å². The van der Waals surface area contributed by atoms with Gasteiger partial charge in [0.25, 0.3) is 21.6 Å². The Hall–Kier alpha value is -2.98. The summed E-state index contributed by atoms with van der Waals surface area (Å²) in [6, 6.07) is 3.43. The molecule has 0 saturated carbocycles. The molecule has 156 valence electrons. The largest absolute Gasteiger partial charge is 0.497 e. The number of amides is 3. The van der Waals surface area contributed by atoms with Crippen molar-refractivity contribution in [3.63, 3.8) is 0 Å². The maximum absolute atomic E-state index is 13.8. The topological polar surface area (TPSA) is 157 Å². The van der Waals surface area contributed by atoms with Crippen LogP contribution in [-0.4, -0.2) is 49.5 Å². The van der Waals surface area contributed by atoms with Crippen LogP contribution in [0, 0.1) is 0 Å². The predicted octanol–water partition coefficient (Wildman–Crippen LogP) is 0.422. The molecule has 1 aliphatic rings. The van der Waals surface area contributed by atoms with Crippen LogP contribution in [0.15, 0.2) is 28.6 Å². The highest BCUT2D eigenvalue weighted by Crippen LogP contribution is 2.37. The molecule has 3 rings (SSSR count). The van der Waals surface area contributed by atoms with Crippen molar-refractivity contribution in [1.29, 1.82) is 0 Å². The predicted molar refractivity (Wildman–Crippen MR) is 92.4 cm³/mol. The number of alkyl halides is 3. The molecule has 1 aliphatic heterocycles. The molecule has 1 atom stereocenters. The summed E-state index contributed by atoms with van der Waals surface area (Å²) in [5.74, 6) is -1.58. The zero-order chi connectivity index (χ0) is 21.6. The van der Waals surface area contributed by atoms with Gasteiger partial charge in [-0.3, -0.25) is 4.79 Å². The lowest BCUT2D eigenvalue weighted by atomic mass is 10.1. The fraction of sp³-hybridized carbons (Fsp3) is 0.231. The number of sulfonamides is 1. The molecular weight excluding hydrogens is 441 g/mol. The van der Waals surface area contributed by atoms with E-state index < -0.39 is 38.1 Å². The van der Waals surface area contributed by atoms with Crippen molar-refractivity contribution in [3.8, 4) is 5.75 Å². The molecule has 0 spiro atoms. The molecule has 3 amide bonds. The van der Waals surface area contributed by atoms with E-state index in [1.165, 1.54) is 29.3 Å². The third-order valence-corrected chi connectivity index (χ3v) is 6.29. The number of rotatable bonds is 5. The van der Waals surface area contributed by atoms with Crippen molar-refractivity contribution in [3.05, 3.63) is 24.3 Å². The highest BCUT2D eigenvalue weighted by atomic mass is 32.2. The number of carbonyl (C=O) groups excluding carboxylic acids is 2. The number of nitrogens with two attached hydrogens (primary N) is 1. The second kappa shape index (κ2) is 6.82. The minimum Gasteiger partial charge on any atom is -0.497 e. The summed E-state index contributed by atoms with van der Waals surface area (Å²) in [6.07, 6.45) is -5.54. The minimum absolute atomic E-state index is 0.157. The van der Waals surface area contributed by atoms with Crippen LogP contribution in [0.5, 0.6) is 5.75 Å². The summed E-state index contributed by atoms with van der Waals surface area (Å²) < 4.78 is 71.3. The van der Waals surface area contributed by atoms with Gasteiger partial charge < -0.3 is 15.8 Å². The van der Waals surface area contributed by atoms with Crippen LogP contribution in [0.3, 0.4) is 0 Å². The van der Waals surface area contributed by atoms with Gasteiger partial charge in [0.15, 0.2) is 0 Å². The first-order valence-corrected chi connectivity index (χ1v) is 9.72. The number of aromatic nitrogens is 2. The number of carbonyl (C=O) groups is 2. The Labute approximate surface area is 164 Å². The number of nitrogens with one attached hydrogen (secondary N) is 2. The summed E-state index contributed by atoms with van der Waals surface area (Å²) in [5, 5.41) is 7.42. The Kier molecular flexibility index (Phi) is 4.88. The first kappa shape index (κ1) is 20.7. The Balaban J connectivity index is 2.04. The summed E-state index contributed by atoms with van der Waals surface area (Å²) in [7, 11) is -3.68. The highest BCUT2D eigenvalue weighted by Gasteiger charge is 2.70. The quantitative estimate of drug-likeness (QED) is 0.551. The van der Waals surface area contributed by atoms with Crippen LogP contribution in [0.4, 0.5) is 28.8 Å². The van der Waals surface area contributed by atoms with E-state index in [1.807, 2.05) is 0 Å². The molecule has 1 aromatic carbocycles. The standard InChI is InChI=1S/C13H11F3N6O5S2/c1-27-7-4-2-6(3-5-7)22-8(23)12(13(14,15)16,18-10(22)24)21-29(25,26)11-20-19-9(17)28-11/h2-5,21H,1H3,(H2,17,19)(H,18,24). The molecule has 1 saturated heterocycles. The van der Waals surface area contributed by atoms with Gasteiger partial charge in [-0.1, -0.05) is 11.3 Å². The van der Waals surface area contributed by atoms with Crippen LogP contribution in [0.25, 0.3) is 0 Å². The molecule has 11 nitrogen and oxygen atoms in total. The number of methoxy groups -OCH3 is 1. The number of nitrogens with zero attached hydrogens (tertiary/aromatic N) is 3. The summed E-state index contributed by atoms with van der Waals surface area (Å²) in [6.45, 7) is 0. The fourth-order valence-corrected chi connectivity index (χ4v) is 4.44. The molecule has 0 bridgehead atoms. The number of hydrogen-bond donors (Lipinski definition) is 3. The molecule has 2 aromatic rings. The molecule has 4 N–H and O–H groups in total. The number of imide groups is 1. The Morgan fingerprint density at radius 1 is 1.24 bits per heavy atom. The van der Waals surface area contributed by atoms with E-state index in [2.05, 4.69) is 10.2 Å². The number of hydrogen-bond acceptors (Lipinski definition) is 9. The minimum atomic E-state index is -5.54. The van der Waals surface area contributed by atoms with E-state index in [-0.39, 0.29) is 27.1 Å². The molecular formula is C13H11F3N6O5S2. The first-order valence-electron chi connectivity index (χ1n) is 7.42. The SMILES string of the molecule is COc1ccc(N2C(=O)NC(NS(=O)(=O)c3nnc(N)s3)(C(F)(F)F)C2=O)cc1. The van der Waals surface area contributed by atoms with Crippen LogP contribution >= 0.6 is 11.3 Å². The van der Waals surface area contributed by atoms with Crippen LogP contribution < -0.4 is 25.4 Å². The van der Waals surface area contributed by atoms with E-state index in [4.69, 9.17) is 10.5 Å². The zero-order valence-electron chi connectivity index (χ0n) is 14.2. The van der Waals surface area contributed by atoms with E-state index >= 15 is 0 Å². The molecule has 16 heteroatoms. The van der Waals surface area contributed by atoms with Crippen molar-refractivity contribution in [2.24, 2.45) is 0 Å². The van der Waals surface area contributed by atoms with Crippen molar-refractivity contribution in [2.75, 3.05) is 17.7 Å². The summed E-state index contributed by atoms with van der Waals surface area (Å²) >= 11 is 0.277. The molecule has 1 fully saturated rings. The third kappa shape index (κ3) is 3.45. The Bertz CT molecular complexity index is 1070. The molecule has 1 aromatic heterocycles. The van der Waals surface area contributed by atoms with Crippen molar-refractivity contribution in [2.45, 2.75) is 16.2 Å². The number of anilines is 2. The highest BCUT2D eigenvalue weighted by molar-refractivity contribution is 7.91. The van der Waals surface area contributed by atoms with Gasteiger partial charge in [-0.25, -0.2) is 18.1 Å². The number of benzene rings is 1. The Morgan fingerprint density at radius 2 is 1.86 bits per heavy atom. The van der Waals surface area contributed by atoms with Gasteiger partial charge in [0, 0.05) is 0 Å². The maximum Gasteiger partial charge on any atom is 0.435 e. The van der Waals surface area contributed by atoms with Crippen molar-refractivity contribution in [1.82, 2.24) is 20.2 Å². The van der Waals surface area contributed by atoms with E-state index in [1.54, 1.807) is 0 Å². The zero-order valence-corrected chi connectivity index (χ0v) is 15.9. The monoisotopic (exact) mass is 452 g/mol. The summed E-state index contributed by atoms with van der Waals surface area (Å²) in [5.41, 5.74) is 1.06. The molecule has 2 heterocycles. The lowest BCUT2D eigenvalue weighted by molar-refractivity contribution is -0.194. The fourth-order valence-electron chi connectivity index (χ4n) is 2.39. The van der Waals surface area contributed by atoms with Gasteiger partial charge in [-0.05, 0) is 24.3 Å². The number of ether oxygens (including phenoxy) is 1. The van der Waals surface area contributed by atoms with Gasteiger partial charge in [0.1, 0.15) is 5.75 Å². The van der Waals surface area contributed by atoms with Crippen LogP contribution in [0.2, 0.25) is 0 Å². The Morgan fingerprint density at radius 3 is 2.34 bits per heavy atom. The van der Waals surface area contributed by atoms with Crippen LogP contribution in [-0.2, 0) is 14.8 Å². The van der Waals surface area contributed by atoms with E-state index in [9.17, 15) is 31.2 Å². The lowest BCUT2D eigenvalue weighted by Crippen LogP contribution is -2.69. The molecule has 29 heavy (non-hydrogen) atoms.